The Hall–Kier alpha value is -0.710. The van der Waals surface area contributed by atoms with Gasteiger partial charge in [0, 0.05) is 3.57 Å². The van der Waals surface area contributed by atoms with E-state index in [-0.39, 0.29) is 11.5 Å². The lowest BCUT2D eigenvalue weighted by Crippen LogP contribution is -2.48. The summed E-state index contributed by atoms with van der Waals surface area (Å²) in [5.41, 5.74) is -1.25. The zero-order chi connectivity index (χ0) is 19.5. The Labute approximate surface area is 163 Å². The number of sulfonamides is 1. The molecule has 0 amide bonds. The summed E-state index contributed by atoms with van der Waals surface area (Å²) < 4.78 is 39.4. The van der Waals surface area contributed by atoms with E-state index in [9.17, 15) is 13.2 Å². The van der Waals surface area contributed by atoms with Crippen LogP contribution in [0.2, 0.25) is 0 Å². The van der Waals surface area contributed by atoms with Gasteiger partial charge in [0.25, 0.3) is 0 Å². The number of carbonyl (C=O) groups is 1. The molecule has 0 saturated carbocycles. The Bertz CT molecular complexity index is 687. The molecule has 0 spiro atoms. The molecule has 1 rings (SSSR count). The molecule has 8 heteroatoms. The van der Waals surface area contributed by atoms with Crippen LogP contribution in [0.3, 0.4) is 0 Å². The molecule has 6 nitrogen and oxygen atoms in total. The largest absolute Gasteiger partial charge is 0.459 e. The van der Waals surface area contributed by atoms with Crippen molar-refractivity contribution in [1.82, 2.24) is 4.72 Å². The maximum Gasteiger partial charge on any atom is 0.327 e. The third kappa shape index (κ3) is 8.48. The summed E-state index contributed by atoms with van der Waals surface area (Å²) in [4.78, 5) is 12.5. The molecule has 0 aliphatic rings. The standard InChI is InChI=1S/C17H26INO5S/c1-16(2,3)23-11-14(15(20)24-17(4,5)6)19-25(21,22)13-9-7-12(18)8-10-13/h7-10,14,19H,11H2,1-6H3. The number of carbonyl (C=O) groups excluding carboxylic acids is 1. The predicted molar refractivity (Wildman–Crippen MR) is 105 cm³/mol. The van der Waals surface area contributed by atoms with Gasteiger partial charge in [0.1, 0.15) is 11.6 Å². The van der Waals surface area contributed by atoms with E-state index >= 15 is 0 Å². The fourth-order valence-corrected chi connectivity index (χ4v) is 3.25. The number of rotatable bonds is 6. The highest BCUT2D eigenvalue weighted by Gasteiger charge is 2.31. The van der Waals surface area contributed by atoms with Crippen molar-refractivity contribution in [3.05, 3.63) is 27.8 Å². The fraction of sp³-hybridized carbons (Fsp3) is 0.588. The van der Waals surface area contributed by atoms with Gasteiger partial charge in [0.05, 0.1) is 17.1 Å². The van der Waals surface area contributed by atoms with E-state index in [0.29, 0.717) is 0 Å². The number of hydrogen-bond donors (Lipinski definition) is 1. The van der Waals surface area contributed by atoms with Crippen LogP contribution in [0.5, 0.6) is 0 Å². The molecule has 1 N–H and O–H groups in total. The van der Waals surface area contributed by atoms with Crippen LogP contribution in [0.1, 0.15) is 41.5 Å². The van der Waals surface area contributed by atoms with Gasteiger partial charge >= 0.3 is 5.97 Å². The molecule has 25 heavy (non-hydrogen) atoms. The normalized spacial score (nSPS) is 14.2. The van der Waals surface area contributed by atoms with Gasteiger partial charge in [-0.3, -0.25) is 4.79 Å². The summed E-state index contributed by atoms with van der Waals surface area (Å²) in [6.45, 7) is 10.5. The second kappa shape index (κ2) is 8.32. The van der Waals surface area contributed by atoms with Crippen LogP contribution in [0.25, 0.3) is 0 Å². The molecule has 0 radical (unpaired) electrons. The van der Waals surface area contributed by atoms with Gasteiger partial charge in [0.2, 0.25) is 10.0 Å². The van der Waals surface area contributed by atoms with E-state index in [1.807, 2.05) is 20.8 Å². The lowest BCUT2D eigenvalue weighted by Gasteiger charge is -2.27. The van der Waals surface area contributed by atoms with Crippen molar-refractivity contribution in [2.45, 2.75) is 63.7 Å². The number of ether oxygens (including phenoxy) is 2. The molecule has 0 aliphatic carbocycles. The van der Waals surface area contributed by atoms with Gasteiger partial charge in [0.15, 0.2) is 0 Å². The zero-order valence-corrected chi connectivity index (χ0v) is 18.4. The Kier molecular flexibility index (Phi) is 7.43. The SMILES string of the molecule is CC(C)(C)OCC(NS(=O)(=O)c1ccc(I)cc1)C(=O)OC(C)(C)C. The summed E-state index contributed by atoms with van der Waals surface area (Å²) in [7, 11) is -3.88. The first-order valence-corrected chi connectivity index (χ1v) is 10.4. The van der Waals surface area contributed by atoms with Crippen LogP contribution >= 0.6 is 22.6 Å². The first kappa shape index (κ1) is 22.3. The average Bonchev–Trinajstić information content (AvgIpc) is 2.41. The van der Waals surface area contributed by atoms with Crippen LogP contribution < -0.4 is 4.72 Å². The van der Waals surface area contributed by atoms with Crippen LogP contribution in [-0.4, -0.2) is 38.2 Å². The summed E-state index contributed by atoms with van der Waals surface area (Å²) >= 11 is 2.09. The topological polar surface area (TPSA) is 81.7 Å². The highest BCUT2D eigenvalue weighted by atomic mass is 127. The number of halogens is 1. The van der Waals surface area contributed by atoms with E-state index in [4.69, 9.17) is 9.47 Å². The quantitative estimate of drug-likeness (QED) is 0.497. The summed E-state index contributed by atoms with van der Waals surface area (Å²) in [6.07, 6.45) is 0. The molecule has 0 saturated heterocycles. The molecule has 142 valence electrons. The molecule has 0 aliphatic heterocycles. The smallest absolute Gasteiger partial charge is 0.327 e. The van der Waals surface area contributed by atoms with E-state index in [0.717, 1.165) is 3.57 Å². The molecule has 0 fully saturated rings. The number of nitrogens with one attached hydrogen (secondary N) is 1. The van der Waals surface area contributed by atoms with E-state index < -0.39 is 33.2 Å². The Morgan fingerprint density at radius 1 is 1.08 bits per heavy atom. The zero-order valence-electron chi connectivity index (χ0n) is 15.4. The monoisotopic (exact) mass is 483 g/mol. The lowest BCUT2D eigenvalue weighted by atomic mass is 10.2. The van der Waals surface area contributed by atoms with Gasteiger partial charge in [-0.05, 0) is 88.4 Å². The fourth-order valence-electron chi connectivity index (χ4n) is 1.73. The molecular weight excluding hydrogens is 457 g/mol. The van der Waals surface area contributed by atoms with E-state index in [1.165, 1.54) is 12.1 Å². The van der Waals surface area contributed by atoms with Crippen molar-refractivity contribution in [3.8, 4) is 0 Å². The summed E-state index contributed by atoms with van der Waals surface area (Å²) in [5, 5.41) is 0. The molecular formula is C17H26INO5S. The van der Waals surface area contributed by atoms with Gasteiger partial charge in [-0.2, -0.15) is 4.72 Å². The maximum atomic E-state index is 12.6. The molecule has 1 aromatic rings. The number of benzene rings is 1. The maximum absolute atomic E-state index is 12.6. The number of hydrogen-bond acceptors (Lipinski definition) is 5. The van der Waals surface area contributed by atoms with Crippen molar-refractivity contribution in [2.24, 2.45) is 0 Å². The van der Waals surface area contributed by atoms with Crippen molar-refractivity contribution >= 4 is 38.6 Å². The number of esters is 1. The second-order valence-electron chi connectivity index (χ2n) is 7.58. The summed E-state index contributed by atoms with van der Waals surface area (Å²) in [6, 6.07) is 5.21. The molecule has 0 heterocycles. The minimum absolute atomic E-state index is 0.0808. The molecule has 1 unspecified atom stereocenters. The Balaban J connectivity index is 3.01. The minimum Gasteiger partial charge on any atom is -0.459 e. The van der Waals surface area contributed by atoms with Crippen LogP contribution in [0.15, 0.2) is 29.2 Å². The van der Waals surface area contributed by atoms with Crippen LogP contribution in [0.4, 0.5) is 0 Å². The first-order valence-electron chi connectivity index (χ1n) is 7.84. The molecule has 0 aromatic heterocycles. The third-order valence-corrected chi connectivity index (χ3v) is 5.00. The lowest BCUT2D eigenvalue weighted by molar-refractivity contribution is -0.159. The minimum atomic E-state index is -3.88. The van der Waals surface area contributed by atoms with E-state index in [2.05, 4.69) is 27.3 Å². The average molecular weight is 483 g/mol. The summed E-state index contributed by atoms with van der Waals surface area (Å²) in [5.74, 6) is -0.675. The van der Waals surface area contributed by atoms with Gasteiger partial charge in [-0.15, -0.1) is 0 Å². The Morgan fingerprint density at radius 3 is 2.04 bits per heavy atom. The molecule has 0 bridgehead atoms. The van der Waals surface area contributed by atoms with Gasteiger partial charge in [-0.1, -0.05) is 0 Å². The highest BCUT2D eigenvalue weighted by molar-refractivity contribution is 14.1. The second-order valence-corrected chi connectivity index (χ2v) is 10.5. The van der Waals surface area contributed by atoms with Crippen LogP contribution in [-0.2, 0) is 24.3 Å². The highest BCUT2D eigenvalue weighted by Crippen LogP contribution is 2.16. The van der Waals surface area contributed by atoms with E-state index in [1.54, 1.807) is 32.9 Å². The van der Waals surface area contributed by atoms with Crippen molar-refractivity contribution < 1.29 is 22.7 Å². The van der Waals surface area contributed by atoms with Crippen molar-refractivity contribution in [1.29, 1.82) is 0 Å². The van der Waals surface area contributed by atoms with Gasteiger partial charge in [-0.25, -0.2) is 8.42 Å². The molecule has 1 atom stereocenters. The Morgan fingerprint density at radius 2 is 1.60 bits per heavy atom. The van der Waals surface area contributed by atoms with Crippen molar-refractivity contribution in [2.75, 3.05) is 6.61 Å². The predicted octanol–water partition coefficient (Wildman–Crippen LogP) is 3.09. The third-order valence-electron chi connectivity index (χ3n) is 2.80. The van der Waals surface area contributed by atoms with Gasteiger partial charge < -0.3 is 9.47 Å². The van der Waals surface area contributed by atoms with Crippen molar-refractivity contribution in [3.63, 3.8) is 0 Å². The first-order chi connectivity index (χ1) is 11.2. The molecule has 1 aromatic carbocycles. The van der Waals surface area contributed by atoms with Crippen LogP contribution in [0, 0.1) is 3.57 Å².